The minimum absolute atomic E-state index is 0.621. The Labute approximate surface area is 129 Å². The van der Waals surface area contributed by atoms with E-state index >= 15 is 0 Å². The molecule has 1 aliphatic rings. The van der Waals surface area contributed by atoms with Gasteiger partial charge >= 0.3 is 5.95 Å². The minimum Gasteiger partial charge on any atom is -0.371 e. The topological polar surface area (TPSA) is 44.3 Å². The minimum atomic E-state index is 0.621. The van der Waals surface area contributed by atoms with Crippen LogP contribution in [0.15, 0.2) is 18.2 Å². The molecule has 2 aromatic rings. The molecule has 1 saturated heterocycles. The summed E-state index contributed by atoms with van der Waals surface area (Å²) in [4.78, 5) is 2.47. The molecule has 0 amide bonds. The maximum atomic E-state index is 10.3. The summed E-state index contributed by atoms with van der Waals surface area (Å²) in [5.74, 6) is 0.685. The molecular formula is C15H22ClN4O+. The van der Waals surface area contributed by atoms with Crippen molar-refractivity contribution in [1.29, 1.82) is 0 Å². The maximum Gasteiger partial charge on any atom is 0.395 e. The standard InChI is InChI=1S/C15H21ClN4O/c1-18-13-6-5-12(16)11-14(13)20(21)15(18)17-7-10-19-8-3-2-4-9-19/h5-6,11,21H,2-4,7-10H2,1H3/p+1. The third kappa shape index (κ3) is 2.94. The quantitative estimate of drug-likeness (QED) is 0.672. The van der Waals surface area contributed by atoms with E-state index in [0.717, 1.165) is 18.6 Å². The highest BCUT2D eigenvalue weighted by molar-refractivity contribution is 6.31. The van der Waals surface area contributed by atoms with Crippen molar-refractivity contribution in [2.24, 2.45) is 7.05 Å². The summed E-state index contributed by atoms with van der Waals surface area (Å²) in [7, 11) is 1.94. The highest BCUT2D eigenvalue weighted by atomic mass is 35.5. The number of nitrogens with zero attached hydrogens (tertiary/aromatic N) is 3. The molecular weight excluding hydrogens is 288 g/mol. The third-order valence-corrected chi connectivity index (χ3v) is 4.44. The largest absolute Gasteiger partial charge is 0.395 e. The summed E-state index contributed by atoms with van der Waals surface area (Å²) in [6, 6.07) is 5.52. The number of rotatable bonds is 4. The summed E-state index contributed by atoms with van der Waals surface area (Å²) in [5, 5.41) is 14.2. The van der Waals surface area contributed by atoms with Gasteiger partial charge in [-0.25, -0.2) is 4.57 Å². The van der Waals surface area contributed by atoms with Gasteiger partial charge in [0, 0.05) is 17.6 Å². The lowest BCUT2D eigenvalue weighted by molar-refractivity contribution is -0.632. The molecule has 1 aromatic heterocycles. The van der Waals surface area contributed by atoms with E-state index in [1.165, 1.54) is 37.1 Å². The molecule has 0 unspecified atom stereocenters. The zero-order valence-electron chi connectivity index (χ0n) is 12.3. The van der Waals surface area contributed by atoms with Crippen LogP contribution in [0.3, 0.4) is 0 Å². The molecule has 2 heterocycles. The smallest absolute Gasteiger partial charge is 0.371 e. The lowest BCUT2D eigenvalue weighted by Crippen LogP contribution is -2.37. The van der Waals surface area contributed by atoms with E-state index in [1.807, 2.05) is 23.7 Å². The average molecular weight is 310 g/mol. The lowest BCUT2D eigenvalue weighted by atomic mass is 10.1. The number of nitrogens with one attached hydrogen (secondary N) is 1. The van der Waals surface area contributed by atoms with Gasteiger partial charge in [0.05, 0.1) is 13.6 Å². The number of likely N-dealkylation sites (tertiary alicyclic amines) is 1. The van der Waals surface area contributed by atoms with E-state index in [4.69, 9.17) is 11.6 Å². The van der Waals surface area contributed by atoms with Crippen LogP contribution in [-0.4, -0.2) is 41.0 Å². The van der Waals surface area contributed by atoms with Crippen LogP contribution in [0.1, 0.15) is 19.3 Å². The Morgan fingerprint density at radius 3 is 2.81 bits per heavy atom. The normalized spacial score (nSPS) is 16.5. The number of benzene rings is 1. The Balaban J connectivity index is 1.71. The van der Waals surface area contributed by atoms with Crippen molar-refractivity contribution in [2.45, 2.75) is 19.3 Å². The molecule has 0 radical (unpaired) electrons. The van der Waals surface area contributed by atoms with Crippen molar-refractivity contribution in [1.82, 2.24) is 9.63 Å². The first-order chi connectivity index (χ1) is 10.2. The molecule has 5 nitrogen and oxygen atoms in total. The summed E-state index contributed by atoms with van der Waals surface area (Å²) >= 11 is 6.00. The van der Waals surface area contributed by atoms with Crippen LogP contribution in [0.4, 0.5) is 5.95 Å². The van der Waals surface area contributed by atoms with Crippen LogP contribution in [0.5, 0.6) is 0 Å². The molecule has 1 aromatic carbocycles. The molecule has 3 rings (SSSR count). The number of hydrogen-bond acceptors (Lipinski definition) is 3. The number of piperidine rings is 1. The second kappa shape index (κ2) is 6.12. The SMILES string of the molecule is C[n+]1c(NCCN2CCCCC2)n(O)c2cc(Cl)ccc21. The van der Waals surface area contributed by atoms with Gasteiger partial charge in [0.2, 0.25) is 0 Å². The zero-order chi connectivity index (χ0) is 14.8. The van der Waals surface area contributed by atoms with Gasteiger partial charge in [-0.15, -0.1) is 0 Å². The molecule has 0 aliphatic carbocycles. The van der Waals surface area contributed by atoms with Crippen molar-refractivity contribution >= 4 is 28.6 Å². The van der Waals surface area contributed by atoms with Gasteiger partial charge in [0.1, 0.15) is 5.52 Å². The van der Waals surface area contributed by atoms with Gasteiger partial charge in [0.15, 0.2) is 5.52 Å². The lowest BCUT2D eigenvalue weighted by Gasteiger charge is -2.25. The summed E-state index contributed by atoms with van der Waals surface area (Å²) in [6.07, 6.45) is 3.95. The first-order valence-electron chi connectivity index (χ1n) is 7.52. The number of anilines is 1. The molecule has 6 heteroatoms. The van der Waals surface area contributed by atoms with Crippen molar-refractivity contribution < 1.29 is 9.77 Å². The second-order valence-corrected chi connectivity index (χ2v) is 6.09. The summed E-state index contributed by atoms with van der Waals surface area (Å²) < 4.78 is 3.12. The van der Waals surface area contributed by atoms with Crippen LogP contribution in [0.2, 0.25) is 5.02 Å². The van der Waals surface area contributed by atoms with E-state index in [-0.39, 0.29) is 0 Å². The first kappa shape index (κ1) is 14.5. The Morgan fingerprint density at radius 1 is 1.29 bits per heavy atom. The van der Waals surface area contributed by atoms with Crippen LogP contribution >= 0.6 is 11.6 Å². The van der Waals surface area contributed by atoms with Gasteiger partial charge in [-0.05, 0) is 38.1 Å². The van der Waals surface area contributed by atoms with Crippen molar-refractivity contribution in [2.75, 3.05) is 31.5 Å². The molecule has 0 bridgehead atoms. The number of fused-ring (bicyclic) bond motifs is 1. The van der Waals surface area contributed by atoms with Crippen LogP contribution < -0.4 is 9.88 Å². The zero-order valence-corrected chi connectivity index (χ0v) is 13.1. The molecule has 1 fully saturated rings. The molecule has 0 spiro atoms. The van der Waals surface area contributed by atoms with Gasteiger partial charge in [-0.1, -0.05) is 22.8 Å². The van der Waals surface area contributed by atoms with Crippen molar-refractivity contribution in [3.63, 3.8) is 0 Å². The van der Waals surface area contributed by atoms with Crippen LogP contribution in [0.25, 0.3) is 11.0 Å². The number of hydrogen-bond donors (Lipinski definition) is 2. The Kier molecular flexibility index (Phi) is 4.22. The number of aromatic nitrogens is 2. The maximum absolute atomic E-state index is 10.3. The Hall–Kier alpha value is -1.46. The molecule has 2 N–H and O–H groups in total. The van der Waals surface area contributed by atoms with E-state index < -0.39 is 0 Å². The van der Waals surface area contributed by atoms with E-state index in [1.54, 1.807) is 6.07 Å². The second-order valence-electron chi connectivity index (χ2n) is 5.66. The molecule has 1 aliphatic heterocycles. The predicted octanol–water partition coefficient (Wildman–Crippen LogP) is 2.25. The fraction of sp³-hybridized carbons (Fsp3) is 0.533. The van der Waals surface area contributed by atoms with Gasteiger partial charge in [0.25, 0.3) is 0 Å². The molecule has 0 atom stereocenters. The third-order valence-electron chi connectivity index (χ3n) is 4.21. The number of aryl methyl sites for hydroxylation is 1. The molecule has 0 saturated carbocycles. The fourth-order valence-corrected chi connectivity index (χ4v) is 3.19. The van der Waals surface area contributed by atoms with Gasteiger partial charge < -0.3 is 10.1 Å². The van der Waals surface area contributed by atoms with E-state index in [2.05, 4.69) is 10.2 Å². The van der Waals surface area contributed by atoms with E-state index in [9.17, 15) is 5.21 Å². The Bertz CT molecular complexity index is 634. The van der Waals surface area contributed by atoms with Crippen molar-refractivity contribution in [3.05, 3.63) is 23.2 Å². The summed E-state index contributed by atoms with van der Waals surface area (Å²) in [5.41, 5.74) is 1.66. The first-order valence-corrected chi connectivity index (χ1v) is 7.90. The van der Waals surface area contributed by atoms with Gasteiger partial charge in [-0.3, -0.25) is 5.32 Å². The average Bonchev–Trinajstić information content (AvgIpc) is 2.73. The van der Waals surface area contributed by atoms with Gasteiger partial charge in [-0.2, -0.15) is 0 Å². The van der Waals surface area contributed by atoms with Crippen molar-refractivity contribution in [3.8, 4) is 0 Å². The summed E-state index contributed by atoms with van der Waals surface area (Å²) in [6.45, 7) is 4.19. The van der Waals surface area contributed by atoms with Crippen LogP contribution in [-0.2, 0) is 7.05 Å². The van der Waals surface area contributed by atoms with Crippen LogP contribution in [0, 0.1) is 0 Å². The van der Waals surface area contributed by atoms with E-state index in [0.29, 0.717) is 16.5 Å². The molecule has 21 heavy (non-hydrogen) atoms. The highest BCUT2D eigenvalue weighted by Gasteiger charge is 2.21. The Morgan fingerprint density at radius 2 is 2.05 bits per heavy atom. The number of halogens is 1. The molecule has 114 valence electrons. The fourth-order valence-electron chi connectivity index (χ4n) is 3.02. The monoisotopic (exact) mass is 309 g/mol. The number of imidazole rings is 1. The highest BCUT2D eigenvalue weighted by Crippen LogP contribution is 2.20. The predicted molar refractivity (Wildman–Crippen MR) is 84.1 cm³/mol.